The van der Waals surface area contributed by atoms with Gasteiger partial charge in [0.25, 0.3) is 0 Å². The van der Waals surface area contributed by atoms with Gasteiger partial charge in [0, 0.05) is 12.0 Å². The zero-order valence-corrected chi connectivity index (χ0v) is 12.4. The summed E-state index contributed by atoms with van der Waals surface area (Å²) in [5.41, 5.74) is 1.37. The molecule has 0 heterocycles. The largest absolute Gasteiger partial charge is 0.461 e. The van der Waals surface area contributed by atoms with Gasteiger partial charge in [-0.2, -0.15) is 0 Å². The second kappa shape index (κ2) is 14.6. The molecular weight excluding hydrogens is 248 g/mol. The fraction of sp³-hybridized carbons (Fsp3) is 0.800. The van der Waals surface area contributed by atoms with Crippen LogP contribution in [0, 0.1) is 0 Å². The molecule has 106 valence electrons. The Bertz CT molecular complexity index is 215. The van der Waals surface area contributed by atoms with Crippen LogP contribution in [-0.4, -0.2) is 12.6 Å². The zero-order valence-electron chi connectivity index (χ0n) is 11.6. The summed E-state index contributed by atoms with van der Waals surface area (Å²) in [4.78, 5) is 11.2. The number of ether oxygens (including phenoxy) is 1. The van der Waals surface area contributed by atoms with E-state index in [-0.39, 0.29) is 5.97 Å². The fourth-order valence-electron chi connectivity index (χ4n) is 1.83. The van der Waals surface area contributed by atoms with E-state index in [0.29, 0.717) is 13.0 Å². The quantitative estimate of drug-likeness (QED) is 0.361. The molecule has 3 heteroatoms. The van der Waals surface area contributed by atoms with Crippen LogP contribution in [0.25, 0.3) is 0 Å². The van der Waals surface area contributed by atoms with Gasteiger partial charge in [-0.05, 0) is 12.5 Å². The maximum atomic E-state index is 11.2. The van der Waals surface area contributed by atoms with Gasteiger partial charge in [0.05, 0.1) is 0 Å². The van der Waals surface area contributed by atoms with Gasteiger partial charge < -0.3 is 4.74 Å². The fourth-order valence-corrected chi connectivity index (χ4v) is 1.90. The van der Waals surface area contributed by atoms with Gasteiger partial charge in [-0.25, -0.2) is 0 Å². The van der Waals surface area contributed by atoms with Crippen LogP contribution in [-0.2, 0) is 9.53 Å². The summed E-state index contributed by atoms with van der Waals surface area (Å²) >= 11 is 5.32. The molecule has 0 spiro atoms. The summed E-state index contributed by atoms with van der Waals surface area (Å²) in [5, 5.41) is 0. The van der Waals surface area contributed by atoms with E-state index < -0.39 is 0 Å². The lowest BCUT2D eigenvalue weighted by molar-refractivity contribution is -0.142. The third kappa shape index (κ3) is 13.6. The van der Waals surface area contributed by atoms with Crippen LogP contribution in [0.1, 0.15) is 71.1 Å². The highest BCUT2D eigenvalue weighted by atomic mass is 35.5. The van der Waals surface area contributed by atoms with Gasteiger partial charge in [0.15, 0.2) is 0 Å². The molecule has 0 bridgehead atoms. The van der Waals surface area contributed by atoms with Gasteiger partial charge in [0.2, 0.25) is 0 Å². The molecule has 0 unspecified atom stereocenters. The standard InChI is InChI=1S/C15H27ClO2/c1-2-3-4-5-6-7-8-9-10-12-15(17)18-14-11-13-16/h11,13H,2-10,12,14H2,1H3/b13-11-. The van der Waals surface area contributed by atoms with Crippen molar-refractivity contribution in [3.05, 3.63) is 11.6 Å². The molecule has 0 fully saturated rings. The third-order valence-electron chi connectivity index (χ3n) is 2.91. The van der Waals surface area contributed by atoms with Crippen LogP contribution in [0.3, 0.4) is 0 Å². The molecule has 18 heavy (non-hydrogen) atoms. The molecule has 0 aliphatic carbocycles. The van der Waals surface area contributed by atoms with E-state index in [4.69, 9.17) is 16.3 Å². The third-order valence-corrected chi connectivity index (χ3v) is 3.09. The summed E-state index contributed by atoms with van der Waals surface area (Å²) in [6.07, 6.45) is 13.5. The Morgan fingerprint density at radius 1 is 1.00 bits per heavy atom. The highest BCUT2D eigenvalue weighted by Crippen LogP contribution is 2.10. The van der Waals surface area contributed by atoms with Gasteiger partial charge >= 0.3 is 5.97 Å². The monoisotopic (exact) mass is 274 g/mol. The average molecular weight is 275 g/mol. The lowest BCUT2D eigenvalue weighted by Crippen LogP contribution is -2.03. The van der Waals surface area contributed by atoms with Gasteiger partial charge in [0.1, 0.15) is 6.61 Å². The maximum Gasteiger partial charge on any atom is 0.306 e. The minimum absolute atomic E-state index is 0.118. The summed E-state index contributed by atoms with van der Waals surface area (Å²) in [5.74, 6) is -0.118. The van der Waals surface area contributed by atoms with E-state index in [1.165, 1.54) is 50.5 Å². The first kappa shape index (κ1) is 17.5. The normalized spacial score (nSPS) is 11.0. The second-order valence-corrected chi connectivity index (χ2v) is 4.88. The number of carbonyl (C=O) groups excluding carboxylic acids is 1. The second-order valence-electron chi connectivity index (χ2n) is 4.62. The SMILES string of the molecule is CCCCCCCCCCCC(=O)OC/C=C\Cl. The van der Waals surface area contributed by atoms with Crippen molar-refractivity contribution in [1.82, 2.24) is 0 Å². The molecule has 0 aliphatic heterocycles. The first-order valence-electron chi connectivity index (χ1n) is 7.22. The summed E-state index contributed by atoms with van der Waals surface area (Å²) in [7, 11) is 0. The first-order chi connectivity index (χ1) is 8.81. The van der Waals surface area contributed by atoms with Crippen molar-refractivity contribution >= 4 is 17.6 Å². The van der Waals surface area contributed by atoms with Crippen molar-refractivity contribution in [1.29, 1.82) is 0 Å². The van der Waals surface area contributed by atoms with Crippen LogP contribution in [0.5, 0.6) is 0 Å². The molecule has 0 aromatic heterocycles. The molecule has 0 aromatic rings. The summed E-state index contributed by atoms with van der Waals surface area (Å²) in [6.45, 7) is 2.53. The number of halogens is 1. The predicted octanol–water partition coefficient (Wildman–Crippen LogP) is 5.20. The highest BCUT2D eigenvalue weighted by molar-refractivity contribution is 6.25. The maximum absolute atomic E-state index is 11.2. The molecule has 0 rings (SSSR count). The number of carbonyl (C=O) groups is 1. The number of rotatable bonds is 12. The van der Waals surface area contributed by atoms with Crippen molar-refractivity contribution in [2.75, 3.05) is 6.61 Å². The minimum Gasteiger partial charge on any atom is -0.461 e. The van der Waals surface area contributed by atoms with Crippen molar-refractivity contribution in [3.8, 4) is 0 Å². The molecule has 0 amide bonds. The molecule has 0 saturated heterocycles. The average Bonchev–Trinajstić information content (AvgIpc) is 2.37. The highest BCUT2D eigenvalue weighted by Gasteiger charge is 2.00. The lowest BCUT2D eigenvalue weighted by atomic mass is 10.1. The van der Waals surface area contributed by atoms with E-state index in [2.05, 4.69) is 6.92 Å². The van der Waals surface area contributed by atoms with Crippen LogP contribution >= 0.6 is 11.6 Å². The van der Waals surface area contributed by atoms with Crippen LogP contribution in [0.2, 0.25) is 0 Å². The molecule has 0 aromatic carbocycles. The number of unbranched alkanes of at least 4 members (excludes halogenated alkanes) is 8. The Kier molecular flexibility index (Phi) is 14.2. The Morgan fingerprint density at radius 2 is 1.56 bits per heavy atom. The Labute approximate surface area is 117 Å². The Balaban J connectivity index is 3.12. The number of esters is 1. The van der Waals surface area contributed by atoms with E-state index in [1.54, 1.807) is 6.08 Å². The van der Waals surface area contributed by atoms with Crippen molar-refractivity contribution < 1.29 is 9.53 Å². The van der Waals surface area contributed by atoms with E-state index >= 15 is 0 Å². The number of hydrogen-bond acceptors (Lipinski definition) is 2. The van der Waals surface area contributed by atoms with Crippen molar-refractivity contribution in [2.45, 2.75) is 71.1 Å². The lowest BCUT2D eigenvalue weighted by Gasteiger charge is -2.02. The molecule has 0 atom stereocenters. The zero-order chi connectivity index (χ0) is 13.5. The van der Waals surface area contributed by atoms with Crippen LogP contribution < -0.4 is 0 Å². The van der Waals surface area contributed by atoms with Crippen LogP contribution in [0.4, 0.5) is 0 Å². The smallest absolute Gasteiger partial charge is 0.306 e. The molecule has 0 N–H and O–H groups in total. The molecule has 2 nitrogen and oxygen atoms in total. The minimum atomic E-state index is -0.118. The topological polar surface area (TPSA) is 26.3 Å². The number of hydrogen-bond donors (Lipinski definition) is 0. The van der Waals surface area contributed by atoms with Crippen LogP contribution in [0.15, 0.2) is 11.6 Å². The Morgan fingerprint density at radius 3 is 2.11 bits per heavy atom. The van der Waals surface area contributed by atoms with Crippen molar-refractivity contribution in [2.24, 2.45) is 0 Å². The van der Waals surface area contributed by atoms with E-state index in [0.717, 1.165) is 12.8 Å². The molecule has 0 aliphatic rings. The summed E-state index contributed by atoms with van der Waals surface area (Å²) in [6, 6.07) is 0. The molecular formula is C15H27ClO2. The van der Waals surface area contributed by atoms with E-state index in [9.17, 15) is 4.79 Å². The van der Waals surface area contributed by atoms with Crippen molar-refractivity contribution in [3.63, 3.8) is 0 Å². The Hall–Kier alpha value is -0.500. The van der Waals surface area contributed by atoms with E-state index in [1.807, 2.05) is 0 Å². The molecule has 0 saturated carbocycles. The van der Waals surface area contributed by atoms with Gasteiger partial charge in [-0.15, -0.1) is 0 Å². The van der Waals surface area contributed by atoms with Gasteiger partial charge in [-0.3, -0.25) is 4.79 Å². The molecule has 0 radical (unpaired) electrons. The van der Waals surface area contributed by atoms with Gasteiger partial charge in [-0.1, -0.05) is 69.9 Å². The first-order valence-corrected chi connectivity index (χ1v) is 7.65. The predicted molar refractivity (Wildman–Crippen MR) is 77.8 cm³/mol. The summed E-state index contributed by atoms with van der Waals surface area (Å²) < 4.78 is 4.94.